The molecule has 28 heavy (non-hydrogen) atoms. The molecule has 0 radical (unpaired) electrons. The molecule has 1 saturated heterocycles. The van der Waals surface area contributed by atoms with E-state index in [0.29, 0.717) is 11.7 Å². The van der Waals surface area contributed by atoms with Gasteiger partial charge in [-0.3, -0.25) is 9.36 Å². The van der Waals surface area contributed by atoms with Crippen LogP contribution in [0.1, 0.15) is 37.3 Å². The maximum atomic E-state index is 12.3. The van der Waals surface area contributed by atoms with Crippen LogP contribution in [0.3, 0.4) is 0 Å². The van der Waals surface area contributed by atoms with E-state index in [1.54, 1.807) is 6.33 Å². The molecule has 1 amide bonds. The van der Waals surface area contributed by atoms with Crippen LogP contribution in [0.15, 0.2) is 29.7 Å². The molecule has 3 rings (SSSR count). The molecule has 0 spiro atoms. The average Bonchev–Trinajstić information content (AvgIpc) is 3.16. The zero-order valence-corrected chi connectivity index (χ0v) is 18.0. The summed E-state index contributed by atoms with van der Waals surface area (Å²) >= 11 is 1.42. The number of carbonyl (C=O) groups is 1. The molecule has 2 aromatic rings. The van der Waals surface area contributed by atoms with Crippen LogP contribution in [-0.2, 0) is 4.79 Å². The first-order valence-electron chi connectivity index (χ1n) is 10.1. The molecule has 1 aromatic carbocycles. The van der Waals surface area contributed by atoms with Gasteiger partial charge in [-0.2, -0.15) is 0 Å². The van der Waals surface area contributed by atoms with E-state index in [0.717, 1.165) is 23.9 Å². The molecular weight excluding hydrogens is 370 g/mol. The van der Waals surface area contributed by atoms with Gasteiger partial charge in [0.05, 0.1) is 5.75 Å². The summed E-state index contributed by atoms with van der Waals surface area (Å²) in [4.78, 5) is 14.8. The van der Waals surface area contributed by atoms with Gasteiger partial charge in [-0.15, -0.1) is 10.2 Å². The normalized spacial score (nSPS) is 16.1. The van der Waals surface area contributed by atoms with E-state index in [4.69, 9.17) is 0 Å². The molecule has 0 saturated carbocycles. The molecule has 1 atom stereocenters. The van der Waals surface area contributed by atoms with Gasteiger partial charge in [0, 0.05) is 18.8 Å². The molecule has 1 unspecified atom stereocenters. The summed E-state index contributed by atoms with van der Waals surface area (Å²) in [7, 11) is 0. The van der Waals surface area contributed by atoms with Gasteiger partial charge in [0.25, 0.3) is 0 Å². The molecule has 0 aliphatic carbocycles. The molecule has 1 N–H and O–H groups in total. The maximum absolute atomic E-state index is 12.3. The van der Waals surface area contributed by atoms with Crippen LogP contribution in [0, 0.1) is 19.8 Å². The Morgan fingerprint density at radius 3 is 2.75 bits per heavy atom. The molecule has 1 fully saturated rings. The lowest BCUT2D eigenvalue weighted by atomic mass is 10.1. The van der Waals surface area contributed by atoms with Crippen molar-refractivity contribution in [2.24, 2.45) is 5.92 Å². The van der Waals surface area contributed by atoms with E-state index in [1.165, 1.54) is 55.2 Å². The van der Waals surface area contributed by atoms with Crippen molar-refractivity contribution in [2.75, 3.05) is 31.9 Å². The summed E-state index contributed by atoms with van der Waals surface area (Å²) in [5.41, 5.74) is 3.50. The molecule has 6 nitrogen and oxygen atoms in total. The fourth-order valence-corrected chi connectivity index (χ4v) is 4.25. The SMILES string of the molecule is Cc1ccc(-n2cnnc2SCC(=O)NCC(C)CN2CCCCC2)cc1C. The first-order chi connectivity index (χ1) is 13.5. The summed E-state index contributed by atoms with van der Waals surface area (Å²) in [6.45, 7) is 10.6. The zero-order valence-electron chi connectivity index (χ0n) is 17.1. The van der Waals surface area contributed by atoms with E-state index in [-0.39, 0.29) is 5.91 Å². The fraction of sp³-hybridized carbons (Fsp3) is 0.571. The highest BCUT2D eigenvalue weighted by atomic mass is 32.2. The second-order valence-corrected chi connectivity index (χ2v) is 8.75. The predicted molar refractivity (Wildman–Crippen MR) is 114 cm³/mol. The van der Waals surface area contributed by atoms with Crippen molar-refractivity contribution in [2.45, 2.75) is 45.2 Å². The zero-order chi connectivity index (χ0) is 19.9. The van der Waals surface area contributed by atoms with Gasteiger partial charge < -0.3 is 10.2 Å². The Labute approximate surface area is 172 Å². The molecule has 1 aromatic heterocycles. The molecule has 1 aliphatic heterocycles. The van der Waals surface area contributed by atoms with Gasteiger partial charge in [-0.1, -0.05) is 31.2 Å². The third-order valence-corrected chi connectivity index (χ3v) is 6.23. The minimum Gasteiger partial charge on any atom is -0.355 e. The second-order valence-electron chi connectivity index (χ2n) is 7.81. The van der Waals surface area contributed by atoms with E-state index in [2.05, 4.69) is 59.4 Å². The summed E-state index contributed by atoms with van der Waals surface area (Å²) in [6.07, 6.45) is 5.66. The third kappa shape index (κ3) is 5.82. The lowest BCUT2D eigenvalue weighted by Gasteiger charge is -2.29. The fourth-order valence-electron chi connectivity index (χ4n) is 3.49. The van der Waals surface area contributed by atoms with E-state index < -0.39 is 0 Å². The van der Waals surface area contributed by atoms with Gasteiger partial charge in [0.15, 0.2) is 5.16 Å². The molecular formula is C21H31N5OS. The van der Waals surface area contributed by atoms with Crippen molar-refractivity contribution < 1.29 is 4.79 Å². The summed E-state index contributed by atoms with van der Waals surface area (Å²) in [6, 6.07) is 6.26. The first kappa shape index (κ1) is 20.9. The number of amides is 1. The maximum Gasteiger partial charge on any atom is 0.230 e. The number of hydrogen-bond donors (Lipinski definition) is 1. The van der Waals surface area contributed by atoms with E-state index in [9.17, 15) is 4.79 Å². The van der Waals surface area contributed by atoms with Crippen LogP contribution < -0.4 is 5.32 Å². The molecule has 2 heterocycles. The minimum atomic E-state index is 0.0464. The largest absolute Gasteiger partial charge is 0.355 e. The van der Waals surface area contributed by atoms with Crippen molar-refractivity contribution >= 4 is 17.7 Å². The van der Waals surface area contributed by atoms with Gasteiger partial charge in [0.1, 0.15) is 6.33 Å². The number of aryl methyl sites for hydroxylation is 2. The van der Waals surface area contributed by atoms with Crippen molar-refractivity contribution in [1.82, 2.24) is 25.0 Å². The molecule has 7 heteroatoms. The van der Waals surface area contributed by atoms with Crippen molar-refractivity contribution in [3.63, 3.8) is 0 Å². The van der Waals surface area contributed by atoms with Gasteiger partial charge in [-0.05, 0) is 69.0 Å². The Morgan fingerprint density at radius 1 is 1.21 bits per heavy atom. The second kappa shape index (κ2) is 10.1. The molecule has 0 bridgehead atoms. The van der Waals surface area contributed by atoms with Gasteiger partial charge in [-0.25, -0.2) is 0 Å². The lowest BCUT2D eigenvalue weighted by Crippen LogP contribution is -2.38. The third-order valence-electron chi connectivity index (χ3n) is 5.28. The Morgan fingerprint density at radius 2 is 2.00 bits per heavy atom. The quantitative estimate of drug-likeness (QED) is 0.688. The number of piperidine rings is 1. The van der Waals surface area contributed by atoms with Crippen molar-refractivity contribution in [3.05, 3.63) is 35.7 Å². The van der Waals surface area contributed by atoms with Gasteiger partial charge in [0.2, 0.25) is 5.91 Å². The highest BCUT2D eigenvalue weighted by Crippen LogP contribution is 2.21. The predicted octanol–water partition coefficient (Wildman–Crippen LogP) is 3.21. The number of carbonyl (C=O) groups excluding carboxylic acids is 1. The van der Waals surface area contributed by atoms with Crippen LogP contribution in [0.25, 0.3) is 5.69 Å². The van der Waals surface area contributed by atoms with Gasteiger partial charge >= 0.3 is 0 Å². The van der Waals surface area contributed by atoms with Crippen LogP contribution in [-0.4, -0.2) is 57.5 Å². The Kier molecular flexibility index (Phi) is 7.50. The topological polar surface area (TPSA) is 63.1 Å². The highest BCUT2D eigenvalue weighted by Gasteiger charge is 2.15. The number of likely N-dealkylation sites (tertiary alicyclic amines) is 1. The van der Waals surface area contributed by atoms with Crippen LogP contribution >= 0.6 is 11.8 Å². The Balaban J connectivity index is 1.46. The number of rotatable bonds is 8. The summed E-state index contributed by atoms with van der Waals surface area (Å²) < 4.78 is 1.93. The van der Waals surface area contributed by atoms with Crippen LogP contribution in [0.4, 0.5) is 0 Å². The number of nitrogens with one attached hydrogen (secondary N) is 1. The number of benzene rings is 1. The molecule has 1 aliphatic rings. The lowest BCUT2D eigenvalue weighted by molar-refractivity contribution is -0.118. The molecule has 152 valence electrons. The minimum absolute atomic E-state index is 0.0464. The Bertz CT molecular complexity index is 785. The number of thioether (sulfide) groups is 1. The number of hydrogen-bond acceptors (Lipinski definition) is 5. The van der Waals surface area contributed by atoms with Crippen LogP contribution in [0.5, 0.6) is 0 Å². The van der Waals surface area contributed by atoms with Crippen molar-refractivity contribution in [1.29, 1.82) is 0 Å². The van der Waals surface area contributed by atoms with E-state index in [1.807, 2.05) is 4.57 Å². The number of aromatic nitrogens is 3. The standard InChI is InChI=1S/C21H31N5OS/c1-16(13-25-9-5-4-6-10-25)12-22-20(27)14-28-21-24-23-15-26(21)19-8-7-17(2)18(3)11-19/h7-8,11,15-16H,4-6,9-10,12-14H2,1-3H3,(H,22,27). The van der Waals surface area contributed by atoms with Crippen LogP contribution in [0.2, 0.25) is 0 Å². The average molecular weight is 402 g/mol. The number of nitrogens with zero attached hydrogens (tertiary/aromatic N) is 4. The summed E-state index contributed by atoms with van der Waals surface area (Å²) in [5.74, 6) is 0.858. The summed E-state index contributed by atoms with van der Waals surface area (Å²) in [5, 5.41) is 12.0. The van der Waals surface area contributed by atoms with E-state index >= 15 is 0 Å². The smallest absolute Gasteiger partial charge is 0.230 e. The Hall–Kier alpha value is -1.86. The van der Waals surface area contributed by atoms with Crippen molar-refractivity contribution in [3.8, 4) is 5.69 Å². The first-order valence-corrected chi connectivity index (χ1v) is 11.1. The monoisotopic (exact) mass is 401 g/mol. The highest BCUT2D eigenvalue weighted by molar-refractivity contribution is 7.99.